The topological polar surface area (TPSA) is 120 Å². The van der Waals surface area contributed by atoms with Crippen molar-refractivity contribution in [1.29, 1.82) is 0 Å². The molecule has 1 aliphatic carbocycles. The van der Waals surface area contributed by atoms with E-state index < -0.39 is 29.4 Å². The van der Waals surface area contributed by atoms with Crippen molar-refractivity contribution in [3.05, 3.63) is 24.0 Å². The normalized spacial score (nSPS) is 28.4. The lowest BCUT2D eigenvalue weighted by Crippen LogP contribution is -2.47. The average molecular weight is 651 g/mol. The molecule has 11 heteroatoms. The lowest BCUT2D eigenvalue weighted by atomic mass is 9.77. The number of likely N-dealkylation sites (tertiary alicyclic amines) is 1. The minimum atomic E-state index is -0.837. The highest BCUT2D eigenvalue weighted by Crippen LogP contribution is 2.42. The first-order valence-corrected chi connectivity index (χ1v) is 17.4. The van der Waals surface area contributed by atoms with Gasteiger partial charge in [-0.1, -0.05) is 33.6 Å². The third-order valence-corrected chi connectivity index (χ3v) is 10.4. The highest BCUT2D eigenvalue weighted by atomic mass is 16.6. The van der Waals surface area contributed by atoms with Gasteiger partial charge >= 0.3 is 11.9 Å². The van der Waals surface area contributed by atoms with Crippen LogP contribution in [-0.2, 0) is 30.3 Å². The van der Waals surface area contributed by atoms with Gasteiger partial charge in [-0.3, -0.25) is 14.6 Å². The number of aromatic nitrogens is 2. The molecule has 11 nitrogen and oxygen atoms in total. The number of pyridine rings is 2. The summed E-state index contributed by atoms with van der Waals surface area (Å²) in [6, 6.07) is 1.03. The van der Waals surface area contributed by atoms with E-state index in [0.29, 0.717) is 18.2 Å². The molecule has 0 radical (unpaired) electrons. The summed E-state index contributed by atoms with van der Waals surface area (Å²) in [6.45, 7) is 7.94. The van der Waals surface area contributed by atoms with E-state index in [1.807, 2.05) is 33.0 Å². The van der Waals surface area contributed by atoms with Gasteiger partial charge in [0.1, 0.15) is 30.1 Å². The number of methoxy groups -OCH3 is 1. The molecule has 3 fully saturated rings. The second kappa shape index (κ2) is 13.9. The first-order chi connectivity index (χ1) is 22.5. The summed E-state index contributed by atoms with van der Waals surface area (Å²) in [7, 11) is 3.46. The molecule has 47 heavy (non-hydrogen) atoms. The number of nitrogens with zero attached hydrogens (tertiary/aromatic N) is 4. The van der Waals surface area contributed by atoms with E-state index in [-0.39, 0.29) is 43.5 Å². The second-order valence-corrected chi connectivity index (χ2v) is 15.0. The smallest absolute Gasteiger partial charge is 0.328 e. The molecule has 5 atom stereocenters. The number of esters is 2. The number of ether oxygens (including phenoxy) is 4. The molecule has 1 saturated carbocycles. The molecule has 3 aliphatic heterocycles. The Hall–Kier alpha value is -3.47. The zero-order valence-corrected chi connectivity index (χ0v) is 28.5. The van der Waals surface area contributed by atoms with Gasteiger partial charge in [-0.2, -0.15) is 0 Å². The van der Waals surface area contributed by atoms with Crippen LogP contribution in [0.15, 0.2) is 18.5 Å². The van der Waals surface area contributed by atoms with Crippen LogP contribution in [0.25, 0.3) is 10.9 Å². The summed E-state index contributed by atoms with van der Waals surface area (Å²) in [5.41, 5.74) is 1.10. The highest BCUT2D eigenvalue weighted by Gasteiger charge is 2.47. The van der Waals surface area contributed by atoms with Crippen molar-refractivity contribution in [1.82, 2.24) is 19.8 Å². The van der Waals surface area contributed by atoms with Crippen molar-refractivity contribution in [3.8, 4) is 11.6 Å². The van der Waals surface area contributed by atoms with Gasteiger partial charge in [0.2, 0.25) is 11.8 Å². The predicted octanol–water partition coefficient (Wildman–Crippen LogP) is 4.72. The molecule has 2 saturated heterocycles. The fraction of sp³-hybridized carbons (Fsp3) is 0.694. The van der Waals surface area contributed by atoms with E-state index in [1.165, 1.54) is 7.11 Å². The van der Waals surface area contributed by atoms with E-state index in [0.717, 1.165) is 80.3 Å². The Bertz CT molecular complexity index is 1470. The number of fused-ring (bicyclic) bond motifs is 5. The molecule has 0 N–H and O–H groups in total. The Labute approximate surface area is 277 Å². The van der Waals surface area contributed by atoms with Crippen molar-refractivity contribution in [2.45, 2.75) is 109 Å². The molecule has 256 valence electrons. The Balaban J connectivity index is 1.37. The van der Waals surface area contributed by atoms with Gasteiger partial charge in [0.25, 0.3) is 0 Å². The van der Waals surface area contributed by atoms with Crippen LogP contribution in [0.2, 0.25) is 0 Å². The lowest BCUT2D eigenvalue weighted by Gasteiger charge is -2.34. The standard InChI is InChI=1S/C36H50N4O7/c1-36(2,3)27-19-31(41)47-30-17-22(30)9-7-6-8-10-25-32(45-23-12-15-39(4)16-13-23)26-20-37-14-11-28(26)38-33(25)46-24-18-29(35(43)44-5)40(21-24)34(27)42/h11,14,20,22-24,27,29-30H,6-10,12-13,15-19,21H2,1-5H3/t22-,24+,27+,29-,30-/m0/s1. The summed E-state index contributed by atoms with van der Waals surface area (Å²) in [5.74, 6) is -0.184. The molecular formula is C36H50N4O7. The van der Waals surface area contributed by atoms with Crippen molar-refractivity contribution in [2.24, 2.45) is 17.3 Å². The maximum absolute atomic E-state index is 14.2. The number of hydrogen-bond acceptors (Lipinski definition) is 10. The van der Waals surface area contributed by atoms with Crippen molar-refractivity contribution in [3.63, 3.8) is 0 Å². The molecule has 0 unspecified atom stereocenters. The maximum atomic E-state index is 14.2. The van der Waals surface area contributed by atoms with Gasteiger partial charge in [0.05, 0.1) is 42.5 Å². The van der Waals surface area contributed by atoms with Crippen LogP contribution >= 0.6 is 0 Å². The summed E-state index contributed by atoms with van der Waals surface area (Å²) in [4.78, 5) is 53.7. The average Bonchev–Trinajstić information content (AvgIpc) is 3.63. The first kappa shape index (κ1) is 33.4. The molecule has 5 heterocycles. The summed E-state index contributed by atoms with van der Waals surface area (Å²) in [6.07, 6.45) is 10.6. The molecule has 0 aromatic carbocycles. The van der Waals surface area contributed by atoms with Gasteiger partial charge in [-0.05, 0) is 63.0 Å². The summed E-state index contributed by atoms with van der Waals surface area (Å²) < 4.78 is 24.5. The van der Waals surface area contributed by atoms with E-state index >= 15 is 0 Å². The number of carbonyl (C=O) groups excluding carboxylic acids is 3. The van der Waals surface area contributed by atoms with Crippen LogP contribution < -0.4 is 9.47 Å². The molecule has 1 amide bonds. The van der Waals surface area contributed by atoms with Gasteiger partial charge < -0.3 is 28.7 Å². The largest absolute Gasteiger partial charge is 0.489 e. The fourth-order valence-corrected chi connectivity index (χ4v) is 7.36. The fourth-order valence-electron chi connectivity index (χ4n) is 7.36. The molecule has 6 rings (SSSR count). The van der Waals surface area contributed by atoms with E-state index in [2.05, 4.69) is 16.9 Å². The van der Waals surface area contributed by atoms with Crippen LogP contribution in [0.4, 0.5) is 0 Å². The number of piperidine rings is 1. The molecule has 2 aromatic heterocycles. The third-order valence-electron chi connectivity index (χ3n) is 10.4. The van der Waals surface area contributed by atoms with E-state index in [9.17, 15) is 14.4 Å². The Kier molecular flexibility index (Phi) is 9.92. The van der Waals surface area contributed by atoms with Crippen LogP contribution in [-0.4, -0.2) is 95.8 Å². The maximum Gasteiger partial charge on any atom is 0.328 e. The first-order valence-electron chi connectivity index (χ1n) is 17.4. The van der Waals surface area contributed by atoms with Gasteiger partial charge in [0, 0.05) is 31.9 Å². The Morgan fingerprint density at radius 2 is 1.83 bits per heavy atom. The minimum absolute atomic E-state index is 0.0382. The van der Waals surface area contributed by atoms with Crippen molar-refractivity contribution < 1.29 is 33.3 Å². The highest BCUT2D eigenvalue weighted by molar-refractivity contribution is 5.89. The summed E-state index contributed by atoms with van der Waals surface area (Å²) in [5, 5.41) is 0.863. The van der Waals surface area contributed by atoms with E-state index in [4.69, 9.17) is 23.9 Å². The third kappa shape index (κ3) is 7.66. The Morgan fingerprint density at radius 3 is 2.57 bits per heavy atom. The number of rotatable bonds is 3. The second-order valence-electron chi connectivity index (χ2n) is 15.0. The molecule has 4 aliphatic rings. The molecule has 0 spiro atoms. The monoisotopic (exact) mass is 650 g/mol. The quantitative estimate of drug-likeness (QED) is 0.432. The van der Waals surface area contributed by atoms with Crippen molar-refractivity contribution in [2.75, 3.05) is 33.8 Å². The molecule has 2 aromatic rings. The minimum Gasteiger partial charge on any atom is -0.489 e. The van der Waals surface area contributed by atoms with Crippen LogP contribution in [0.3, 0.4) is 0 Å². The lowest BCUT2D eigenvalue weighted by molar-refractivity contribution is -0.157. The molecule has 2 bridgehead atoms. The van der Waals surface area contributed by atoms with Gasteiger partial charge in [0.15, 0.2) is 0 Å². The van der Waals surface area contributed by atoms with E-state index in [1.54, 1.807) is 11.1 Å². The van der Waals surface area contributed by atoms with Gasteiger partial charge in [-0.15, -0.1) is 0 Å². The zero-order chi connectivity index (χ0) is 33.3. The number of amides is 1. The number of hydrogen-bond donors (Lipinski definition) is 0. The molecular weight excluding hydrogens is 600 g/mol. The van der Waals surface area contributed by atoms with Crippen LogP contribution in [0, 0.1) is 17.3 Å². The van der Waals surface area contributed by atoms with Crippen molar-refractivity contribution >= 4 is 28.7 Å². The predicted molar refractivity (Wildman–Crippen MR) is 175 cm³/mol. The van der Waals surface area contributed by atoms with Crippen LogP contribution in [0.1, 0.15) is 84.1 Å². The number of carbonyl (C=O) groups is 3. The van der Waals surface area contributed by atoms with Crippen LogP contribution in [0.5, 0.6) is 11.6 Å². The SMILES string of the molecule is COC(=O)[C@@H]1C[C@@H]2CN1C(=O)[C@H](C(C)(C)C)CC(=O)O[C@H]1C[C@@H]1CCCCCc1c(nc3ccncc3c1OC1CCN(C)CC1)O2. The Morgan fingerprint density at radius 1 is 1.04 bits per heavy atom. The van der Waals surface area contributed by atoms with Gasteiger partial charge in [-0.25, -0.2) is 9.78 Å². The zero-order valence-electron chi connectivity index (χ0n) is 28.5. The summed E-state index contributed by atoms with van der Waals surface area (Å²) >= 11 is 0.